The van der Waals surface area contributed by atoms with Crippen LogP contribution in [0.4, 0.5) is 5.69 Å². The van der Waals surface area contributed by atoms with E-state index in [1.807, 2.05) is 30.3 Å². The molecular weight excluding hydrogens is 380 g/mol. The zero-order valence-corrected chi connectivity index (χ0v) is 15.6. The molecule has 0 aromatic heterocycles. The Morgan fingerprint density at radius 3 is 2.50 bits per heavy atom. The molecule has 4 rings (SSSR count). The van der Waals surface area contributed by atoms with Crippen molar-refractivity contribution in [3.8, 4) is 0 Å². The minimum Gasteiger partial charge on any atom is -0.456 e. The number of carbonyl (C=O) groups excluding carboxylic acids is 2. The van der Waals surface area contributed by atoms with Gasteiger partial charge in [-0.25, -0.2) is 4.79 Å². The maximum absolute atomic E-state index is 12.7. The van der Waals surface area contributed by atoms with Crippen molar-refractivity contribution in [3.05, 3.63) is 80.9 Å². The van der Waals surface area contributed by atoms with Crippen LogP contribution in [-0.4, -0.2) is 27.7 Å². The molecule has 1 amide bonds. The fourth-order valence-corrected chi connectivity index (χ4v) is 4.38. The Morgan fingerprint density at radius 2 is 1.86 bits per heavy atom. The SMILES string of the molecule is O=C(OCc1ccccc1)C1=C(Sc2ccc([N+](=O)[O-])cc2)CC2CC(=O)N12. The number of ether oxygens (including phenoxy) is 1. The molecule has 0 radical (unpaired) electrons. The van der Waals surface area contributed by atoms with Crippen LogP contribution in [0.25, 0.3) is 0 Å². The van der Waals surface area contributed by atoms with Gasteiger partial charge in [-0.15, -0.1) is 0 Å². The number of carbonyl (C=O) groups is 2. The van der Waals surface area contributed by atoms with Crippen molar-refractivity contribution < 1.29 is 19.2 Å². The number of nitro benzene ring substituents is 1. The number of hydrogen-bond acceptors (Lipinski definition) is 6. The number of β-lactam (4-membered cyclic amide) rings is 1. The maximum atomic E-state index is 12.7. The Labute approximate surface area is 165 Å². The molecular formula is C20H16N2O5S. The van der Waals surface area contributed by atoms with Gasteiger partial charge in [-0.1, -0.05) is 42.1 Å². The lowest BCUT2D eigenvalue weighted by molar-refractivity contribution is -0.384. The van der Waals surface area contributed by atoms with Gasteiger partial charge in [-0.3, -0.25) is 14.9 Å². The number of non-ortho nitro benzene ring substituents is 1. The van der Waals surface area contributed by atoms with Gasteiger partial charge in [0.25, 0.3) is 5.69 Å². The van der Waals surface area contributed by atoms with Crippen molar-refractivity contribution in [2.24, 2.45) is 0 Å². The summed E-state index contributed by atoms with van der Waals surface area (Å²) >= 11 is 1.34. The summed E-state index contributed by atoms with van der Waals surface area (Å²) in [6, 6.07) is 15.4. The topological polar surface area (TPSA) is 89.7 Å². The number of nitro groups is 1. The Morgan fingerprint density at radius 1 is 1.14 bits per heavy atom. The molecule has 1 saturated heterocycles. The minimum atomic E-state index is -0.524. The second kappa shape index (κ2) is 7.47. The van der Waals surface area contributed by atoms with Crippen LogP contribution in [0.1, 0.15) is 18.4 Å². The lowest BCUT2D eigenvalue weighted by Crippen LogP contribution is -2.49. The Balaban J connectivity index is 1.54. The molecule has 2 aliphatic rings. The Kier molecular flexibility index (Phi) is 4.87. The van der Waals surface area contributed by atoms with E-state index in [1.54, 1.807) is 12.1 Å². The van der Waals surface area contributed by atoms with Crippen LogP contribution in [0.15, 0.2) is 70.1 Å². The third-order valence-electron chi connectivity index (χ3n) is 4.66. The fourth-order valence-electron chi connectivity index (χ4n) is 3.27. The largest absolute Gasteiger partial charge is 0.456 e. The Hall–Kier alpha value is -3.13. The van der Waals surface area contributed by atoms with E-state index in [2.05, 4.69) is 0 Å². The highest BCUT2D eigenvalue weighted by molar-refractivity contribution is 8.03. The predicted octanol–water partition coefficient (Wildman–Crippen LogP) is 3.65. The van der Waals surface area contributed by atoms with E-state index in [-0.39, 0.29) is 24.2 Å². The predicted molar refractivity (Wildman–Crippen MR) is 102 cm³/mol. The molecule has 0 N–H and O–H groups in total. The number of amides is 1. The number of hydrogen-bond donors (Lipinski definition) is 0. The summed E-state index contributed by atoms with van der Waals surface area (Å²) < 4.78 is 5.44. The van der Waals surface area contributed by atoms with Gasteiger partial charge in [0.1, 0.15) is 12.3 Å². The van der Waals surface area contributed by atoms with Crippen LogP contribution in [0, 0.1) is 10.1 Å². The second-order valence-corrected chi connectivity index (χ2v) is 7.68. The summed E-state index contributed by atoms with van der Waals surface area (Å²) in [7, 11) is 0. The van der Waals surface area contributed by atoms with Gasteiger partial charge < -0.3 is 9.64 Å². The molecule has 1 unspecified atom stereocenters. The van der Waals surface area contributed by atoms with E-state index in [1.165, 1.54) is 28.8 Å². The van der Waals surface area contributed by atoms with Crippen molar-refractivity contribution in [3.63, 3.8) is 0 Å². The third-order valence-corrected chi connectivity index (χ3v) is 5.78. The first kappa shape index (κ1) is 18.2. The molecule has 0 bridgehead atoms. The van der Waals surface area contributed by atoms with Crippen molar-refractivity contribution in [2.45, 2.75) is 30.4 Å². The summed E-state index contributed by atoms with van der Waals surface area (Å²) in [5.41, 5.74) is 1.16. The van der Waals surface area contributed by atoms with Crippen molar-refractivity contribution in [2.75, 3.05) is 0 Å². The monoisotopic (exact) mass is 396 g/mol. The molecule has 8 heteroatoms. The van der Waals surface area contributed by atoms with Crippen molar-refractivity contribution in [1.29, 1.82) is 0 Å². The van der Waals surface area contributed by atoms with Crippen LogP contribution < -0.4 is 0 Å². The third kappa shape index (κ3) is 3.50. The van der Waals surface area contributed by atoms with E-state index in [0.29, 0.717) is 18.5 Å². The molecule has 142 valence electrons. The van der Waals surface area contributed by atoms with Crippen LogP contribution in [0.2, 0.25) is 0 Å². The first-order chi connectivity index (χ1) is 13.5. The zero-order chi connectivity index (χ0) is 19.7. The van der Waals surface area contributed by atoms with Crippen LogP contribution in [-0.2, 0) is 20.9 Å². The number of benzene rings is 2. The number of fused-ring (bicyclic) bond motifs is 1. The van der Waals surface area contributed by atoms with E-state index in [4.69, 9.17) is 4.74 Å². The van der Waals surface area contributed by atoms with Crippen molar-refractivity contribution in [1.82, 2.24) is 4.90 Å². The van der Waals surface area contributed by atoms with Gasteiger partial charge in [0.05, 0.1) is 11.0 Å². The summed E-state index contributed by atoms with van der Waals surface area (Å²) in [6.07, 6.45) is 1.00. The van der Waals surface area contributed by atoms with E-state index < -0.39 is 10.9 Å². The number of thioether (sulfide) groups is 1. The lowest BCUT2D eigenvalue weighted by atomic mass is 10.0. The van der Waals surface area contributed by atoms with E-state index in [9.17, 15) is 19.7 Å². The molecule has 2 heterocycles. The number of rotatable bonds is 6. The standard InChI is InChI=1S/C20H16N2O5S/c23-18-11-15-10-17(28-16-8-6-14(7-9-16)22(25)26)19(21(15)18)20(24)27-12-13-4-2-1-3-5-13/h1-9,15H,10-12H2. The normalized spacial score (nSPS) is 17.9. The molecule has 28 heavy (non-hydrogen) atoms. The van der Waals surface area contributed by atoms with E-state index in [0.717, 1.165) is 15.4 Å². The summed E-state index contributed by atoms with van der Waals surface area (Å²) in [5.74, 6) is -0.611. The maximum Gasteiger partial charge on any atom is 0.356 e. The molecule has 1 fully saturated rings. The van der Waals surface area contributed by atoms with Gasteiger partial charge in [-0.2, -0.15) is 0 Å². The average molecular weight is 396 g/mol. The summed E-state index contributed by atoms with van der Waals surface area (Å²) in [6.45, 7) is 0.130. The molecule has 1 atom stereocenters. The second-order valence-electron chi connectivity index (χ2n) is 6.51. The molecule has 7 nitrogen and oxygen atoms in total. The van der Waals surface area contributed by atoms with Gasteiger partial charge in [0, 0.05) is 34.8 Å². The first-order valence-corrected chi connectivity index (χ1v) is 9.53. The fraction of sp³-hybridized carbons (Fsp3) is 0.200. The first-order valence-electron chi connectivity index (χ1n) is 8.71. The number of nitrogens with zero attached hydrogens (tertiary/aromatic N) is 2. The van der Waals surface area contributed by atoms with Gasteiger partial charge in [-0.05, 0) is 17.7 Å². The highest BCUT2D eigenvalue weighted by atomic mass is 32.2. The average Bonchev–Trinajstić information content (AvgIpc) is 2.99. The smallest absolute Gasteiger partial charge is 0.356 e. The van der Waals surface area contributed by atoms with Crippen LogP contribution in [0.5, 0.6) is 0 Å². The highest BCUT2D eigenvalue weighted by Crippen LogP contribution is 2.45. The summed E-state index contributed by atoms with van der Waals surface area (Å²) in [5, 5.41) is 10.8. The molecule has 2 aromatic carbocycles. The van der Waals surface area contributed by atoms with Crippen LogP contribution in [0.3, 0.4) is 0 Å². The van der Waals surface area contributed by atoms with Gasteiger partial charge in [0.2, 0.25) is 5.91 Å². The minimum absolute atomic E-state index is 0.00578. The zero-order valence-electron chi connectivity index (χ0n) is 14.7. The summed E-state index contributed by atoms with van der Waals surface area (Å²) in [4.78, 5) is 38.1. The van der Waals surface area contributed by atoms with Gasteiger partial charge >= 0.3 is 5.97 Å². The quantitative estimate of drug-likeness (QED) is 0.320. The molecule has 0 spiro atoms. The molecule has 0 aliphatic carbocycles. The Bertz CT molecular complexity index is 972. The van der Waals surface area contributed by atoms with E-state index >= 15 is 0 Å². The lowest BCUT2D eigenvalue weighted by Gasteiger charge is -2.35. The molecule has 2 aromatic rings. The van der Waals surface area contributed by atoms with Crippen molar-refractivity contribution >= 4 is 29.3 Å². The van der Waals surface area contributed by atoms with Gasteiger partial charge in [0.15, 0.2) is 0 Å². The molecule has 0 saturated carbocycles. The number of esters is 1. The highest BCUT2D eigenvalue weighted by Gasteiger charge is 2.48. The molecule has 2 aliphatic heterocycles. The van der Waals surface area contributed by atoms with Crippen LogP contribution >= 0.6 is 11.8 Å².